The Bertz CT molecular complexity index is 300. The Morgan fingerprint density at radius 2 is 2.50 bits per heavy atom. The van der Waals surface area contributed by atoms with Gasteiger partial charge in [0.15, 0.2) is 0 Å². The molecular weight excluding hydrogens is 278 g/mol. The van der Waals surface area contributed by atoms with Crippen LogP contribution in [0.5, 0.6) is 0 Å². The lowest BCUT2D eigenvalue weighted by atomic mass is 10.2. The Labute approximate surface area is 102 Å². The van der Waals surface area contributed by atoms with Crippen molar-refractivity contribution in [3.8, 4) is 0 Å². The van der Waals surface area contributed by atoms with Gasteiger partial charge in [-0.1, -0.05) is 6.92 Å². The molecule has 0 amide bonds. The highest BCUT2D eigenvalue weighted by Crippen LogP contribution is 2.27. The van der Waals surface area contributed by atoms with E-state index in [1.54, 1.807) is 0 Å². The minimum Gasteiger partial charge on any atom is -0.308 e. The van der Waals surface area contributed by atoms with E-state index >= 15 is 0 Å². The summed E-state index contributed by atoms with van der Waals surface area (Å²) in [6, 6.07) is 2.82. The number of nitrogens with one attached hydrogen (secondary N) is 1. The molecule has 2 heterocycles. The molecule has 2 rings (SSSR count). The van der Waals surface area contributed by atoms with E-state index in [1.807, 2.05) is 11.3 Å². The molecule has 1 fully saturated rings. The second kappa shape index (κ2) is 5.01. The zero-order valence-corrected chi connectivity index (χ0v) is 11.3. The fourth-order valence-electron chi connectivity index (χ4n) is 1.67. The quantitative estimate of drug-likeness (QED) is 0.915. The minimum absolute atomic E-state index is 0.703. The summed E-state index contributed by atoms with van der Waals surface area (Å²) in [5.41, 5.74) is 0. The highest BCUT2D eigenvalue weighted by molar-refractivity contribution is 9.10. The molecule has 0 saturated carbocycles. The first-order valence-electron chi connectivity index (χ1n) is 4.84. The van der Waals surface area contributed by atoms with Gasteiger partial charge in [0.25, 0.3) is 0 Å². The van der Waals surface area contributed by atoms with Gasteiger partial charge in [-0.05, 0) is 39.6 Å². The van der Waals surface area contributed by atoms with Crippen molar-refractivity contribution < 1.29 is 0 Å². The second-order valence-electron chi connectivity index (χ2n) is 3.54. The second-order valence-corrected chi connectivity index (χ2v) is 6.88. The van der Waals surface area contributed by atoms with Gasteiger partial charge in [0.1, 0.15) is 0 Å². The molecule has 1 N–H and O–H groups in total. The summed E-state index contributed by atoms with van der Waals surface area (Å²) >= 11 is 7.45. The average molecular weight is 292 g/mol. The van der Waals surface area contributed by atoms with Gasteiger partial charge in [-0.25, -0.2) is 0 Å². The molecule has 1 nitrogen and oxygen atoms in total. The first-order valence-corrected chi connectivity index (χ1v) is 7.56. The number of rotatable bonds is 3. The summed E-state index contributed by atoms with van der Waals surface area (Å²) in [5.74, 6) is 1.31. The third-order valence-corrected chi connectivity index (χ3v) is 5.84. The van der Waals surface area contributed by atoms with Crippen molar-refractivity contribution in [1.29, 1.82) is 0 Å². The van der Waals surface area contributed by atoms with Gasteiger partial charge in [-0.2, -0.15) is 11.8 Å². The molecule has 0 spiro atoms. The Hall–Kier alpha value is 0.490. The monoisotopic (exact) mass is 291 g/mol. The molecule has 1 aliphatic heterocycles. The van der Waals surface area contributed by atoms with Crippen molar-refractivity contribution in [3.05, 3.63) is 20.8 Å². The average Bonchev–Trinajstić information content (AvgIpc) is 2.72. The molecule has 78 valence electrons. The number of hydrogen-bond acceptors (Lipinski definition) is 3. The summed E-state index contributed by atoms with van der Waals surface area (Å²) in [4.78, 5) is 1.41. The van der Waals surface area contributed by atoms with Crippen LogP contribution >= 0.6 is 39.0 Å². The van der Waals surface area contributed by atoms with Crippen LogP contribution in [-0.4, -0.2) is 17.0 Å². The first-order chi connectivity index (χ1) is 6.77. The van der Waals surface area contributed by atoms with Gasteiger partial charge in [0.05, 0.1) is 0 Å². The molecule has 1 saturated heterocycles. The highest BCUT2D eigenvalue weighted by atomic mass is 79.9. The Kier molecular flexibility index (Phi) is 3.93. The zero-order valence-electron chi connectivity index (χ0n) is 8.13. The van der Waals surface area contributed by atoms with Crippen molar-refractivity contribution in [3.63, 3.8) is 0 Å². The van der Waals surface area contributed by atoms with E-state index in [2.05, 4.69) is 51.4 Å². The largest absolute Gasteiger partial charge is 0.308 e. The summed E-state index contributed by atoms with van der Waals surface area (Å²) in [6.07, 6.45) is 1.31. The number of thioether (sulfide) groups is 1. The predicted octanol–water partition coefficient (Wildman–Crippen LogP) is 3.49. The lowest BCUT2D eigenvalue weighted by molar-refractivity contribution is 0.515. The highest BCUT2D eigenvalue weighted by Gasteiger charge is 2.23. The smallest absolute Gasteiger partial charge is 0.0327 e. The molecule has 14 heavy (non-hydrogen) atoms. The fourth-order valence-corrected chi connectivity index (χ4v) is 4.34. The summed E-state index contributed by atoms with van der Waals surface area (Å²) in [6.45, 7) is 3.33. The molecular formula is C10H14BrNS2. The van der Waals surface area contributed by atoms with Crippen molar-refractivity contribution in [2.45, 2.75) is 31.2 Å². The molecule has 0 radical (unpaired) electrons. The third-order valence-electron chi connectivity index (χ3n) is 2.59. The molecule has 0 bridgehead atoms. The maximum Gasteiger partial charge on any atom is 0.0327 e. The number of halogens is 1. The van der Waals surface area contributed by atoms with Crippen LogP contribution < -0.4 is 5.32 Å². The third kappa shape index (κ3) is 2.54. The summed E-state index contributed by atoms with van der Waals surface area (Å²) < 4.78 is 1.24. The minimum atomic E-state index is 0.703. The lowest BCUT2D eigenvalue weighted by Gasteiger charge is -2.15. The van der Waals surface area contributed by atoms with Crippen molar-refractivity contribution in [2.24, 2.45) is 0 Å². The topological polar surface area (TPSA) is 12.0 Å². The SMILES string of the molecule is CC1SCCC1NCc1sccc1Br. The molecule has 0 aliphatic carbocycles. The van der Waals surface area contributed by atoms with Crippen molar-refractivity contribution in [2.75, 3.05) is 5.75 Å². The maximum atomic E-state index is 3.63. The number of thiophene rings is 1. The van der Waals surface area contributed by atoms with Gasteiger partial charge in [0.2, 0.25) is 0 Å². The molecule has 1 aromatic heterocycles. The Morgan fingerprint density at radius 1 is 1.64 bits per heavy atom. The van der Waals surface area contributed by atoms with Gasteiger partial charge >= 0.3 is 0 Å². The first kappa shape index (κ1) is 11.0. The fraction of sp³-hybridized carbons (Fsp3) is 0.600. The maximum absolute atomic E-state index is 3.63. The van der Waals surface area contributed by atoms with Crippen LogP contribution in [0.3, 0.4) is 0 Å². The van der Waals surface area contributed by atoms with Crippen LogP contribution in [0, 0.1) is 0 Å². The van der Waals surface area contributed by atoms with Gasteiger partial charge < -0.3 is 5.32 Å². The van der Waals surface area contributed by atoms with Crippen LogP contribution in [-0.2, 0) is 6.54 Å². The van der Waals surface area contributed by atoms with Crippen LogP contribution in [0.1, 0.15) is 18.2 Å². The van der Waals surface area contributed by atoms with Crippen LogP contribution in [0.2, 0.25) is 0 Å². The van der Waals surface area contributed by atoms with E-state index in [1.165, 1.54) is 21.5 Å². The summed E-state index contributed by atoms with van der Waals surface area (Å²) in [5, 5.41) is 6.54. The van der Waals surface area contributed by atoms with E-state index < -0.39 is 0 Å². The zero-order chi connectivity index (χ0) is 9.97. The van der Waals surface area contributed by atoms with Crippen LogP contribution in [0.15, 0.2) is 15.9 Å². The van der Waals surface area contributed by atoms with E-state index in [9.17, 15) is 0 Å². The predicted molar refractivity (Wildman–Crippen MR) is 69.2 cm³/mol. The molecule has 2 atom stereocenters. The van der Waals surface area contributed by atoms with Crippen LogP contribution in [0.25, 0.3) is 0 Å². The molecule has 0 aromatic carbocycles. The standard InChI is InChI=1S/C10H14BrNS2/c1-7-9(3-5-13-7)12-6-10-8(11)2-4-14-10/h2,4,7,9,12H,3,5-6H2,1H3. The Balaban J connectivity index is 1.85. The Morgan fingerprint density at radius 3 is 3.07 bits per heavy atom. The molecule has 2 unspecified atom stereocenters. The summed E-state index contributed by atoms with van der Waals surface area (Å²) in [7, 11) is 0. The van der Waals surface area contributed by atoms with E-state index in [0.717, 1.165) is 11.8 Å². The van der Waals surface area contributed by atoms with E-state index in [4.69, 9.17) is 0 Å². The van der Waals surface area contributed by atoms with Gasteiger partial charge in [-0.15, -0.1) is 11.3 Å². The van der Waals surface area contributed by atoms with Crippen LogP contribution in [0.4, 0.5) is 0 Å². The van der Waals surface area contributed by atoms with Crippen molar-refractivity contribution >= 4 is 39.0 Å². The van der Waals surface area contributed by atoms with Crippen molar-refractivity contribution in [1.82, 2.24) is 5.32 Å². The molecule has 1 aliphatic rings. The molecule has 4 heteroatoms. The number of hydrogen-bond donors (Lipinski definition) is 1. The molecule has 1 aromatic rings. The normalized spacial score (nSPS) is 27.0. The van der Waals surface area contributed by atoms with E-state index in [-0.39, 0.29) is 0 Å². The lowest BCUT2D eigenvalue weighted by Crippen LogP contribution is -2.32. The van der Waals surface area contributed by atoms with E-state index in [0.29, 0.717) is 6.04 Å². The van der Waals surface area contributed by atoms with Gasteiger partial charge in [-0.3, -0.25) is 0 Å². The van der Waals surface area contributed by atoms with Gasteiger partial charge in [0, 0.05) is 27.2 Å².